The van der Waals surface area contributed by atoms with Crippen molar-refractivity contribution in [3.05, 3.63) is 0 Å². The fourth-order valence-corrected chi connectivity index (χ4v) is 5.82. The third kappa shape index (κ3) is 2.92. The number of hydrogen-bond acceptors (Lipinski definition) is 4. The van der Waals surface area contributed by atoms with Crippen LogP contribution < -0.4 is 0 Å². The number of carboxylic acid groups (broad SMARTS) is 1. The summed E-state index contributed by atoms with van der Waals surface area (Å²) in [5.41, 5.74) is 0. The van der Waals surface area contributed by atoms with E-state index in [1.54, 1.807) is 0 Å². The van der Waals surface area contributed by atoms with Crippen LogP contribution in [0.25, 0.3) is 0 Å². The van der Waals surface area contributed by atoms with Gasteiger partial charge in [-0.15, -0.1) is 0 Å². The summed E-state index contributed by atoms with van der Waals surface area (Å²) in [4.78, 5) is 22.0. The van der Waals surface area contributed by atoms with Gasteiger partial charge in [0.1, 0.15) is 0 Å². The van der Waals surface area contributed by atoms with Crippen molar-refractivity contribution >= 4 is 5.97 Å². The Kier molecular flexibility index (Phi) is 4.14. The molecule has 5 saturated carbocycles. The van der Waals surface area contributed by atoms with E-state index < -0.39 is 11.8 Å². The molecule has 0 aromatic rings. The molecule has 5 atom stereocenters. The quantitative estimate of drug-likeness (QED) is 0.446. The van der Waals surface area contributed by atoms with Crippen LogP contribution in [0.3, 0.4) is 0 Å². The van der Waals surface area contributed by atoms with Crippen LogP contribution in [-0.2, 0) is 14.6 Å². The number of hydrogen-bond donors (Lipinski definition) is 2. The van der Waals surface area contributed by atoms with Crippen molar-refractivity contribution < 1.29 is 24.8 Å². The van der Waals surface area contributed by atoms with Gasteiger partial charge in [-0.1, -0.05) is 0 Å². The molecule has 5 aliphatic carbocycles. The zero-order valence-electron chi connectivity index (χ0n) is 13.7. The lowest BCUT2D eigenvalue weighted by Gasteiger charge is -2.39. The van der Waals surface area contributed by atoms with Crippen LogP contribution in [0.4, 0.5) is 0 Å². The van der Waals surface area contributed by atoms with E-state index in [1.807, 2.05) is 0 Å². The van der Waals surface area contributed by atoms with Gasteiger partial charge in [0.15, 0.2) is 0 Å². The lowest BCUT2D eigenvalue weighted by atomic mass is 9.78. The summed E-state index contributed by atoms with van der Waals surface area (Å²) in [6, 6.07) is 0. The van der Waals surface area contributed by atoms with Crippen LogP contribution in [0.1, 0.15) is 64.2 Å². The second-order valence-electron chi connectivity index (χ2n) is 8.38. The third-order valence-electron chi connectivity index (χ3n) is 6.99. The summed E-state index contributed by atoms with van der Waals surface area (Å²) in [7, 11) is 0. The lowest BCUT2D eigenvalue weighted by Crippen LogP contribution is -2.46. The van der Waals surface area contributed by atoms with E-state index >= 15 is 0 Å². The minimum atomic E-state index is -1.04. The number of rotatable bonds is 6. The second-order valence-corrected chi connectivity index (χ2v) is 8.38. The van der Waals surface area contributed by atoms with Crippen LogP contribution in [0.2, 0.25) is 0 Å². The van der Waals surface area contributed by atoms with E-state index in [2.05, 4.69) is 0 Å². The van der Waals surface area contributed by atoms with Gasteiger partial charge in [0, 0.05) is 18.3 Å². The summed E-state index contributed by atoms with van der Waals surface area (Å²) in [5, 5.41) is 19.7. The maximum atomic E-state index is 11.0. The molecule has 4 bridgehead atoms. The zero-order valence-corrected chi connectivity index (χ0v) is 13.7. The molecule has 5 unspecified atom stereocenters. The fourth-order valence-electron chi connectivity index (χ4n) is 5.82. The maximum absolute atomic E-state index is 11.0. The predicted molar refractivity (Wildman–Crippen MR) is 82.2 cm³/mol. The number of aliphatic hydroxyl groups is 1. The SMILES string of the molecule is O=C(O)CCC1CCC(OOC2(O)C3CC4CC(C3)C2C4)CC1. The van der Waals surface area contributed by atoms with E-state index in [-0.39, 0.29) is 24.4 Å². The molecule has 0 spiro atoms. The second kappa shape index (κ2) is 6.01. The van der Waals surface area contributed by atoms with Crippen molar-refractivity contribution in [2.45, 2.75) is 76.1 Å². The smallest absolute Gasteiger partial charge is 0.303 e. The average Bonchev–Trinajstić information content (AvgIpc) is 2.93. The third-order valence-corrected chi connectivity index (χ3v) is 6.99. The molecule has 5 nitrogen and oxygen atoms in total. The standard InChI is InChI=1S/C18H28O5/c19-17(20)6-3-11-1-4-15(5-2-11)22-23-18(21)14-8-12-7-13(10-14)16(18)9-12/h11-16,21H,1-10H2,(H,19,20). The van der Waals surface area contributed by atoms with Crippen molar-refractivity contribution in [2.24, 2.45) is 29.6 Å². The molecule has 23 heavy (non-hydrogen) atoms. The van der Waals surface area contributed by atoms with Crippen molar-refractivity contribution in [2.75, 3.05) is 0 Å². The van der Waals surface area contributed by atoms with E-state index in [4.69, 9.17) is 14.9 Å². The molecule has 5 aliphatic rings. The first-order valence-electron chi connectivity index (χ1n) is 9.33. The van der Waals surface area contributed by atoms with Gasteiger partial charge < -0.3 is 10.2 Å². The highest BCUT2D eigenvalue weighted by molar-refractivity contribution is 5.66. The molecule has 5 rings (SSSR count). The highest BCUT2D eigenvalue weighted by atomic mass is 17.2. The van der Waals surface area contributed by atoms with E-state index in [1.165, 1.54) is 6.42 Å². The van der Waals surface area contributed by atoms with Crippen LogP contribution in [0.15, 0.2) is 0 Å². The molecule has 0 aromatic carbocycles. The first kappa shape index (κ1) is 15.9. The molecule has 0 aliphatic heterocycles. The molecule has 2 N–H and O–H groups in total. The van der Waals surface area contributed by atoms with Gasteiger partial charge in [-0.05, 0) is 75.5 Å². The maximum Gasteiger partial charge on any atom is 0.303 e. The van der Waals surface area contributed by atoms with Crippen molar-refractivity contribution in [1.82, 2.24) is 0 Å². The summed E-state index contributed by atoms with van der Waals surface area (Å²) in [6.45, 7) is 0. The highest BCUT2D eigenvalue weighted by Gasteiger charge is 2.64. The Morgan fingerprint density at radius 2 is 1.87 bits per heavy atom. The van der Waals surface area contributed by atoms with Crippen molar-refractivity contribution in [1.29, 1.82) is 0 Å². The minimum absolute atomic E-state index is 0.0522. The normalized spacial score (nSPS) is 48.0. The monoisotopic (exact) mass is 324 g/mol. The molecule has 130 valence electrons. The minimum Gasteiger partial charge on any atom is -0.481 e. The molecular formula is C18H28O5. The molecule has 0 saturated heterocycles. The van der Waals surface area contributed by atoms with Crippen LogP contribution in [0.5, 0.6) is 0 Å². The summed E-state index contributed by atoms with van der Waals surface area (Å²) < 4.78 is 0. The Morgan fingerprint density at radius 3 is 2.57 bits per heavy atom. The van der Waals surface area contributed by atoms with Gasteiger partial charge in [-0.2, -0.15) is 0 Å². The number of carbonyl (C=O) groups is 1. The van der Waals surface area contributed by atoms with Crippen LogP contribution >= 0.6 is 0 Å². The van der Waals surface area contributed by atoms with Crippen LogP contribution in [-0.4, -0.2) is 28.1 Å². The van der Waals surface area contributed by atoms with Gasteiger partial charge in [0.25, 0.3) is 0 Å². The molecule has 0 radical (unpaired) electrons. The Labute approximate surface area is 137 Å². The van der Waals surface area contributed by atoms with Gasteiger partial charge in [0.2, 0.25) is 5.79 Å². The summed E-state index contributed by atoms with van der Waals surface area (Å²) >= 11 is 0. The molecule has 0 aromatic heterocycles. The summed E-state index contributed by atoms with van der Waals surface area (Å²) in [5.74, 6) is 0.719. The Balaban J connectivity index is 1.24. The van der Waals surface area contributed by atoms with E-state index in [0.717, 1.165) is 57.3 Å². The van der Waals surface area contributed by atoms with Gasteiger partial charge in [-0.3, -0.25) is 4.79 Å². The van der Waals surface area contributed by atoms with Crippen LogP contribution in [0, 0.1) is 29.6 Å². The lowest BCUT2D eigenvalue weighted by molar-refractivity contribution is -0.462. The predicted octanol–water partition coefficient (Wildman–Crippen LogP) is 3.11. The Bertz CT molecular complexity index is 454. The first-order valence-corrected chi connectivity index (χ1v) is 9.33. The van der Waals surface area contributed by atoms with Crippen molar-refractivity contribution in [3.8, 4) is 0 Å². The Morgan fingerprint density at radius 1 is 1.09 bits per heavy atom. The Hall–Kier alpha value is -0.650. The fraction of sp³-hybridized carbons (Fsp3) is 0.944. The van der Waals surface area contributed by atoms with Gasteiger partial charge >= 0.3 is 5.97 Å². The first-order chi connectivity index (χ1) is 11.0. The highest BCUT2D eigenvalue weighted by Crippen LogP contribution is 2.63. The van der Waals surface area contributed by atoms with E-state index in [9.17, 15) is 9.90 Å². The molecule has 0 amide bonds. The molecular weight excluding hydrogens is 296 g/mol. The topological polar surface area (TPSA) is 76.0 Å². The van der Waals surface area contributed by atoms with E-state index in [0.29, 0.717) is 11.8 Å². The largest absolute Gasteiger partial charge is 0.481 e. The number of aliphatic carboxylic acids is 1. The van der Waals surface area contributed by atoms with Gasteiger partial charge in [-0.25, -0.2) is 9.78 Å². The molecule has 5 fully saturated rings. The summed E-state index contributed by atoms with van der Waals surface area (Å²) in [6.07, 6.45) is 9.44. The zero-order chi connectivity index (χ0) is 16.0. The van der Waals surface area contributed by atoms with Gasteiger partial charge in [0.05, 0.1) is 6.10 Å². The van der Waals surface area contributed by atoms with Crippen molar-refractivity contribution in [3.63, 3.8) is 0 Å². The molecule has 5 heteroatoms. The number of carboxylic acids is 1. The molecule has 0 heterocycles. The average molecular weight is 324 g/mol.